The lowest BCUT2D eigenvalue weighted by Crippen LogP contribution is -2.48. The number of rotatable bonds is 6. The molecule has 0 radical (unpaired) electrons. The summed E-state index contributed by atoms with van der Waals surface area (Å²) in [5.74, 6) is 1.53. The number of hydrogen-bond donors (Lipinski definition) is 1. The van der Waals surface area contributed by atoms with Crippen LogP contribution in [0, 0.1) is 11.7 Å². The predicted molar refractivity (Wildman–Crippen MR) is 87.3 cm³/mol. The molecule has 0 N–H and O–H groups in total. The first kappa shape index (κ1) is 15.6. The van der Waals surface area contributed by atoms with Crippen LogP contribution < -0.4 is 4.90 Å². The Morgan fingerprint density at radius 2 is 1.90 bits per heavy atom. The Balaban J connectivity index is 1.85. The molecular formula is C16H25FN2S. The topological polar surface area (TPSA) is 6.48 Å². The second kappa shape index (κ2) is 7.89. The van der Waals surface area contributed by atoms with E-state index in [2.05, 4.69) is 29.4 Å². The fourth-order valence-corrected chi connectivity index (χ4v) is 3.19. The molecule has 0 aliphatic carbocycles. The molecule has 112 valence electrons. The van der Waals surface area contributed by atoms with Crippen molar-refractivity contribution in [2.24, 2.45) is 5.92 Å². The summed E-state index contributed by atoms with van der Waals surface area (Å²) in [5, 5.41) is 0. The highest BCUT2D eigenvalue weighted by atomic mass is 32.1. The Hall–Kier alpha value is -0.740. The first-order valence-corrected chi connectivity index (χ1v) is 8.20. The summed E-state index contributed by atoms with van der Waals surface area (Å²) in [4.78, 5) is 4.65. The van der Waals surface area contributed by atoms with Crippen molar-refractivity contribution in [3.63, 3.8) is 0 Å². The average Bonchev–Trinajstić information content (AvgIpc) is 2.48. The first-order valence-electron chi connectivity index (χ1n) is 7.57. The number of nitrogens with zero attached hydrogens (tertiary/aromatic N) is 2. The molecule has 1 saturated heterocycles. The van der Waals surface area contributed by atoms with Gasteiger partial charge in [-0.3, -0.25) is 4.90 Å². The van der Waals surface area contributed by atoms with E-state index in [4.69, 9.17) is 0 Å². The van der Waals surface area contributed by atoms with Gasteiger partial charge < -0.3 is 4.90 Å². The van der Waals surface area contributed by atoms with Crippen molar-refractivity contribution in [2.75, 3.05) is 43.4 Å². The van der Waals surface area contributed by atoms with E-state index >= 15 is 0 Å². The summed E-state index contributed by atoms with van der Waals surface area (Å²) in [5.41, 5.74) is 0.742. The van der Waals surface area contributed by atoms with Gasteiger partial charge >= 0.3 is 0 Å². The van der Waals surface area contributed by atoms with Gasteiger partial charge in [0.2, 0.25) is 0 Å². The van der Waals surface area contributed by atoms with Crippen molar-refractivity contribution in [3.8, 4) is 0 Å². The van der Waals surface area contributed by atoms with Crippen molar-refractivity contribution in [3.05, 3.63) is 30.1 Å². The van der Waals surface area contributed by atoms with Crippen LogP contribution in [-0.2, 0) is 0 Å². The SMILES string of the molecule is CCCC(CS)CN1CCN(c2ccccc2F)CC1. The minimum absolute atomic E-state index is 0.111. The van der Waals surface area contributed by atoms with Crippen LogP contribution in [0.5, 0.6) is 0 Å². The van der Waals surface area contributed by atoms with Crippen molar-refractivity contribution in [1.82, 2.24) is 4.90 Å². The molecular weight excluding hydrogens is 271 g/mol. The van der Waals surface area contributed by atoms with Gasteiger partial charge in [0.1, 0.15) is 5.82 Å². The molecule has 1 atom stereocenters. The Morgan fingerprint density at radius 3 is 2.50 bits per heavy atom. The molecule has 20 heavy (non-hydrogen) atoms. The van der Waals surface area contributed by atoms with E-state index in [-0.39, 0.29) is 5.82 Å². The van der Waals surface area contributed by atoms with Gasteiger partial charge in [0.05, 0.1) is 5.69 Å². The van der Waals surface area contributed by atoms with Gasteiger partial charge in [0.25, 0.3) is 0 Å². The highest BCUT2D eigenvalue weighted by Crippen LogP contribution is 2.21. The minimum Gasteiger partial charge on any atom is -0.367 e. The molecule has 1 aliphatic heterocycles. The molecule has 1 aromatic rings. The smallest absolute Gasteiger partial charge is 0.146 e. The summed E-state index contributed by atoms with van der Waals surface area (Å²) in [6, 6.07) is 7.07. The molecule has 0 aromatic heterocycles. The molecule has 2 rings (SSSR count). The molecule has 0 saturated carbocycles. The van der Waals surface area contributed by atoms with Gasteiger partial charge in [0.15, 0.2) is 0 Å². The maximum atomic E-state index is 13.8. The second-order valence-corrected chi connectivity index (χ2v) is 5.94. The minimum atomic E-state index is -0.111. The van der Waals surface area contributed by atoms with Gasteiger partial charge in [-0.25, -0.2) is 4.39 Å². The number of benzene rings is 1. The number of piperazine rings is 1. The zero-order valence-corrected chi connectivity index (χ0v) is 13.2. The van der Waals surface area contributed by atoms with E-state index in [0.717, 1.165) is 44.2 Å². The Labute approximate surface area is 127 Å². The molecule has 1 unspecified atom stereocenters. The molecule has 1 aromatic carbocycles. The zero-order chi connectivity index (χ0) is 14.4. The van der Waals surface area contributed by atoms with Crippen LogP contribution in [0.25, 0.3) is 0 Å². The van der Waals surface area contributed by atoms with Crippen molar-refractivity contribution >= 4 is 18.3 Å². The lowest BCUT2D eigenvalue weighted by atomic mass is 10.0. The molecule has 1 heterocycles. The van der Waals surface area contributed by atoms with E-state index in [1.54, 1.807) is 12.1 Å². The molecule has 0 spiro atoms. The number of thiol groups is 1. The average molecular weight is 296 g/mol. The van der Waals surface area contributed by atoms with E-state index in [1.165, 1.54) is 12.8 Å². The van der Waals surface area contributed by atoms with Gasteiger partial charge in [0, 0.05) is 32.7 Å². The maximum absolute atomic E-state index is 13.8. The molecule has 0 bridgehead atoms. The van der Waals surface area contributed by atoms with Crippen LogP contribution >= 0.6 is 12.6 Å². The highest BCUT2D eigenvalue weighted by molar-refractivity contribution is 7.80. The van der Waals surface area contributed by atoms with Crippen LogP contribution in [0.4, 0.5) is 10.1 Å². The zero-order valence-electron chi connectivity index (χ0n) is 12.3. The standard InChI is InChI=1S/C16H25FN2S/c1-2-5-14(13-20)12-18-8-10-19(11-9-18)16-7-4-3-6-15(16)17/h3-4,6-7,14,20H,2,5,8-13H2,1H3. The summed E-state index contributed by atoms with van der Waals surface area (Å²) in [7, 11) is 0. The maximum Gasteiger partial charge on any atom is 0.146 e. The molecule has 2 nitrogen and oxygen atoms in total. The van der Waals surface area contributed by atoms with Gasteiger partial charge in [-0.1, -0.05) is 25.5 Å². The van der Waals surface area contributed by atoms with Crippen molar-refractivity contribution in [1.29, 1.82) is 0 Å². The fraction of sp³-hybridized carbons (Fsp3) is 0.625. The van der Waals surface area contributed by atoms with Gasteiger partial charge in [-0.15, -0.1) is 0 Å². The van der Waals surface area contributed by atoms with Gasteiger partial charge in [-0.2, -0.15) is 12.6 Å². The molecule has 1 aliphatic rings. The third-order valence-corrected chi connectivity index (χ3v) is 4.55. The third-order valence-electron chi connectivity index (χ3n) is 4.04. The Bertz CT molecular complexity index is 405. The van der Waals surface area contributed by atoms with Crippen LogP contribution in [-0.4, -0.2) is 43.4 Å². The van der Waals surface area contributed by atoms with Crippen molar-refractivity contribution < 1.29 is 4.39 Å². The van der Waals surface area contributed by atoms with E-state index in [0.29, 0.717) is 5.92 Å². The monoisotopic (exact) mass is 296 g/mol. The molecule has 0 amide bonds. The lowest BCUT2D eigenvalue weighted by molar-refractivity contribution is 0.221. The van der Waals surface area contributed by atoms with Gasteiger partial charge in [-0.05, 0) is 30.2 Å². The summed E-state index contributed by atoms with van der Waals surface area (Å²) in [6.45, 7) is 7.21. The van der Waals surface area contributed by atoms with Crippen LogP contribution in [0.2, 0.25) is 0 Å². The number of para-hydroxylation sites is 1. The Morgan fingerprint density at radius 1 is 1.20 bits per heavy atom. The highest BCUT2D eigenvalue weighted by Gasteiger charge is 2.20. The Kier molecular flexibility index (Phi) is 6.17. The number of hydrogen-bond acceptors (Lipinski definition) is 3. The first-order chi connectivity index (χ1) is 9.74. The predicted octanol–water partition coefficient (Wildman–Crippen LogP) is 3.29. The number of anilines is 1. The summed E-state index contributed by atoms with van der Waals surface area (Å²) >= 11 is 4.45. The molecule has 1 fully saturated rings. The van der Waals surface area contributed by atoms with Crippen molar-refractivity contribution in [2.45, 2.75) is 19.8 Å². The number of halogens is 1. The van der Waals surface area contributed by atoms with E-state index in [1.807, 2.05) is 12.1 Å². The second-order valence-electron chi connectivity index (χ2n) is 5.58. The van der Waals surface area contributed by atoms with Crippen LogP contribution in [0.1, 0.15) is 19.8 Å². The quantitative estimate of drug-likeness (QED) is 0.805. The summed E-state index contributed by atoms with van der Waals surface area (Å²) < 4.78 is 13.8. The van der Waals surface area contributed by atoms with E-state index in [9.17, 15) is 4.39 Å². The van der Waals surface area contributed by atoms with Crippen LogP contribution in [0.15, 0.2) is 24.3 Å². The largest absolute Gasteiger partial charge is 0.367 e. The lowest BCUT2D eigenvalue weighted by Gasteiger charge is -2.37. The summed E-state index contributed by atoms with van der Waals surface area (Å²) in [6.07, 6.45) is 2.47. The third kappa shape index (κ3) is 4.13. The normalized spacial score (nSPS) is 18.2. The van der Waals surface area contributed by atoms with Crippen LogP contribution in [0.3, 0.4) is 0 Å². The van der Waals surface area contributed by atoms with E-state index < -0.39 is 0 Å². The molecule has 4 heteroatoms. The fourth-order valence-electron chi connectivity index (χ4n) is 2.89.